The van der Waals surface area contributed by atoms with Crippen LogP contribution in [0.25, 0.3) is 0 Å². The molecule has 3 aliphatic heterocycles. The Labute approximate surface area is 316 Å². The molecule has 0 bridgehead atoms. The highest BCUT2D eigenvalue weighted by molar-refractivity contribution is 5.56. The molecule has 55 heavy (non-hydrogen) atoms. The Hall–Kier alpha value is -1.39. The number of nitrogens with one attached hydrogen (secondary N) is 1. The molecule has 1 aliphatic carbocycles. The molecule has 0 saturated carbocycles. The zero-order chi connectivity index (χ0) is 41.0. The third kappa shape index (κ3) is 9.91. The largest absolute Gasteiger partial charge is 0.394 e. The molecular formula is C34H59NO20. The van der Waals surface area contributed by atoms with E-state index in [1.807, 2.05) is 0 Å². The van der Waals surface area contributed by atoms with Gasteiger partial charge in [0.25, 0.3) is 0 Å². The number of carbonyl (C=O) groups is 1. The Balaban J connectivity index is 1.44. The molecule has 21 heteroatoms. The van der Waals surface area contributed by atoms with E-state index in [2.05, 4.69) is 5.32 Å². The lowest BCUT2D eigenvalue weighted by molar-refractivity contribution is -0.253. The molecule has 4 aliphatic rings. The molecule has 3 saturated heterocycles. The maximum atomic E-state index is 11.3. The quantitative estimate of drug-likeness (QED) is 0.0509. The number of rotatable bonds is 16. The predicted octanol–water partition coefficient (Wildman–Crippen LogP) is -8.91. The summed E-state index contributed by atoms with van der Waals surface area (Å²) in [6, 6.07) is -2.28. The van der Waals surface area contributed by atoms with E-state index in [1.165, 1.54) is 13.0 Å². The molecule has 4 rings (SSSR count). The van der Waals surface area contributed by atoms with Crippen LogP contribution in [0, 0.1) is 17.8 Å². The van der Waals surface area contributed by atoms with Crippen molar-refractivity contribution in [3.63, 3.8) is 0 Å². The first-order valence-corrected chi connectivity index (χ1v) is 18.4. The van der Waals surface area contributed by atoms with E-state index in [0.29, 0.717) is 0 Å². The maximum Gasteiger partial charge on any atom is 0.151 e. The van der Waals surface area contributed by atoms with Crippen LogP contribution in [-0.2, 0) is 19.0 Å². The third-order valence-electron chi connectivity index (χ3n) is 11.8. The maximum absolute atomic E-state index is 11.3. The van der Waals surface area contributed by atoms with Gasteiger partial charge in [0.1, 0.15) is 48.8 Å². The number of aliphatic hydroxyl groups excluding tert-OH is 16. The first-order valence-electron chi connectivity index (χ1n) is 18.4. The Morgan fingerprint density at radius 1 is 0.673 bits per heavy atom. The fourth-order valence-electron chi connectivity index (χ4n) is 8.45. The van der Waals surface area contributed by atoms with Gasteiger partial charge in [-0.15, -0.1) is 0 Å². The fraction of sp³-hybridized carbons (Fsp3) is 0.912. The van der Waals surface area contributed by atoms with Crippen molar-refractivity contribution in [3.05, 3.63) is 11.6 Å². The highest BCUT2D eigenvalue weighted by Crippen LogP contribution is 2.39. The van der Waals surface area contributed by atoms with Gasteiger partial charge in [0.15, 0.2) is 6.29 Å². The van der Waals surface area contributed by atoms with Gasteiger partial charge < -0.3 is 106 Å². The van der Waals surface area contributed by atoms with E-state index in [-0.39, 0.29) is 24.7 Å². The van der Waals surface area contributed by atoms with E-state index in [9.17, 15) is 86.5 Å². The number of ether oxygens (including phenoxy) is 3. The zero-order valence-electron chi connectivity index (χ0n) is 30.2. The minimum atomic E-state index is -1.92. The molecule has 0 radical (unpaired) electrons. The normalized spacial score (nSPS) is 46.3. The van der Waals surface area contributed by atoms with Crippen LogP contribution in [0.3, 0.4) is 0 Å². The molecule has 0 aromatic heterocycles. The van der Waals surface area contributed by atoms with Crippen LogP contribution in [-0.4, -0.2) is 236 Å². The Morgan fingerprint density at radius 2 is 1.24 bits per heavy atom. The zero-order valence-corrected chi connectivity index (χ0v) is 30.2. The molecule has 2 unspecified atom stereocenters. The van der Waals surface area contributed by atoms with Gasteiger partial charge in [-0.25, -0.2) is 0 Å². The molecule has 0 aromatic rings. The van der Waals surface area contributed by atoms with Gasteiger partial charge in [0, 0.05) is 17.8 Å². The molecular weight excluding hydrogens is 742 g/mol. The van der Waals surface area contributed by atoms with Crippen LogP contribution in [0.15, 0.2) is 11.6 Å². The summed E-state index contributed by atoms with van der Waals surface area (Å²) in [5, 5.41) is 170. The Bertz CT molecular complexity index is 1230. The highest BCUT2D eigenvalue weighted by Gasteiger charge is 2.52. The lowest BCUT2D eigenvalue weighted by atomic mass is 9.74. The van der Waals surface area contributed by atoms with Crippen molar-refractivity contribution in [2.24, 2.45) is 17.8 Å². The average molecular weight is 802 g/mol. The molecule has 3 heterocycles. The highest BCUT2D eigenvalue weighted by atomic mass is 16.6. The number of hydrogen-bond donors (Lipinski definition) is 17. The summed E-state index contributed by atoms with van der Waals surface area (Å²) < 4.78 is 17.3. The summed E-state index contributed by atoms with van der Waals surface area (Å²) in [5.41, 5.74) is 0.158. The molecule has 320 valence electrons. The molecule has 0 spiro atoms. The smallest absolute Gasteiger partial charge is 0.151 e. The van der Waals surface area contributed by atoms with Crippen LogP contribution in [0.4, 0.5) is 0 Å². The summed E-state index contributed by atoms with van der Waals surface area (Å²) in [6.07, 6.45) is -26.9. The minimum absolute atomic E-state index is 0.0338. The van der Waals surface area contributed by atoms with Crippen molar-refractivity contribution in [2.45, 2.75) is 148 Å². The molecule has 21 nitrogen and oxygen atoms in total. The Kier molecular flexibility index (Phi) is 16.9. The number of carbonyl (C=O) groups excluding carboxylic acids is 1. The summed E-state index contributed by atoms with van der Waals surface area (Å²) in [7, 11) is 0. The van der Waals surface area contributed by atoms with Crippen LogP contribution in [0.2, 0.25) is 0 Å². The van der Waals surface area contributed by atoms with Gasteiger partial charge in [-0.1, -0.05) is 6.08 Å². The van der Waals surface area contributed by atoms with E-state index in [0.717, 1.165) is 0 Å². The van der Waals surface area contributed by atoms with Crippen molar-refractivity contribution in [1.82, 2.24) is 5.32 Å². The first-order chi connectivity index (χ1) is 25.9. The van der Waals surface area contributed by atoms with E-state index < -0.39 is 173 Å². The van der Waals surface area contributed by atoms with Crippen molar-refractivity contribution in [2.75, 3.05) is 26.4 Å². The van der Waals surface area contributed by atoms with Crippen LogP contribution >= 0.6 is 0 Å². The van der Waals surface area contributed by atoms with Crippen LogP contribution in [0.5, 0.6) is 0 Å². The van der Waals surface area contributed by atoms with Crippen molar-refractivity contribution < 1.29 is 101 Å². The monoisotopic (exact) mass is 801 g/mol. The number of hydrogen-bond acceptors (Lipinski definition) is 21. The van der Waals surface area contributed by atoms with Crippen LogP contribution in [0.1, 0.15) is 26.2 Å². The Morgan fingerprint density at radius 3 is 1.82 bits per heavy atom. The van der Waals surface area contributed by atoms with Gasteiger partial charge in [-0.2, -0.15) is 0 Å². The second-order valence-corrected chi connectivity index (χ2v) is 15.2. The summed E-state index contributed by atoms with van der Waals surface area (Å²) in [4.78, 5) is 11.0. The van der Waals surface area contributed by atoms with Gasteiger partial charge in [0.2, 0.25) is 0 Å². The summed E-state index contributed by atoms with van der Waals surface area (Å²) in [6.45, 7) is -1.40. The second kappa shape index (κ2) is 20.0. The number of aliphatic hydroxyl groups is 16. The van der Waals surface area contributed by atoms with Crippen molar-refractivity contribution in [3.8, 4) is 0 Å². The summed E-state index contributed by atoms with van der Waals surface area (Å²) in [5.74, 6) is -3.51. The predicted molar refractivity (Wildman–Crippen MR) is 181 cm³/mol. The molecule has 0 amide bonds. The van der Waals surface area contributed by atoms with Gasteiger partial charge in [-0.3, -0.25) is 0 Å². The van der Waals surface area contributed by atoms with Crippen molar-refractivity contribution in [1.29, 1.82) is 0 Å². The summed E-state index contributed by atoms with van der Waals surface area (Å²) >= 11 is 0. The van der Waals surface area contributed by atoms with E-state index in [4.69, 9.17) is 14.2 Å². The van der Waals surface area contributed by atoms with Gasteiger partial charge >= 0.3 is 0 Å². The molecule has 3 fully saturated rings. The van der Waals surface area contributed by atoms with Crippen LogP contribution < -0.4 is 5.32 Å². The minimum Gasteiger partial charge on any atom is -0.394 e. The third-order valence-corrected chi connectivity index (χ3v) is 11.8. The van der Waals surface area contributed by atoms with Gasteiger partial charge in [0.05, 0.1) is 99.6 Å². The standard InChI is InChI=1S/C34H59NO20/c1-11-24(33(51)30(48)19(53-11)4-14(17(41)7-37)25(43)18(42)8-38)35-16-2-12(6-36)13(26(44)28(16)46)3-20-29(47)27(45)15(22(9-39)54-20)5-21-31(49)34(52)32(50)23(10-40)55-21/h2,8,11,13-37,39-52H,3-7,9-10H2,1H3/t11-,13-,14?,15-,16+,17-,18+,19?,20-,21-,22-,23-,24-,25+,26+,27+,28+,29+,30+,31+,32-,33+,34-/m1/s1. The lowest BCUT2D eigenvalue weighted by Gasteiger charge is -2.48. The van der Waals surface area contributed by atoms with E-state index >= 15 is 0 Å². The molecule has 17 N–H and O–H groups in total. The van der Waals surface area contributed by atoms with Gasteiger partial charge in [-0.05, 0) is 31.8 Å². The SMILES string of the molecule is C[C@H]1OC(CC([C@H](O)CO)[C@H](O)[C@@H](O)C=O)[C@H](O)[C@@H](O)[C@@H]1N[C@H]1C=C(CO)[C@@H](C[C@H]2O[C@H](CO)[C@@H](C[C@H]3O[C@H](CO)[C@@H](O)[C@H](O)[C@H]3O)[C@H](O)[C@H]2O)[C@H](O)[C@H]1O. The van der Waals surface area contributed by atoms with E-state index in [1.54, 1.807) is 0 Å². The molecule has 23 atom stereocenters. The fourth-order valence-corrected chi connectivity index (χ4v) is 8.45. The second-order valence-electron chi connectivity index (χ2n) is 15.2. The topological polar surface area (TPSA) is 380 Å². The first kappa shape index (κ1) is 46.3. The molecule has 0 aromatic carbocycles. The average Bonchev–Trinajstić information content (AvgIpc) is 3.18. The lowest BCUT2D eigenvalue weighted by Crippen LogP contribution is -2.66. The number of aldehydes is 1. The van der Waals surface area contributed by atoms with Crippen molar-refractivity contribution >= 4 is 6.29 Å².